The first-order valence-electron chi connectivity index (χ1n) is 16.1. The van der Waals surface area contributed by atoms with Crippen LogP contribution in [0.15, 0.2) is 63.2 Å². The minimum atomic E-state index is -1.30. The molecule has 0 saturated carbocycles. The van der Waals surface area contributed by atoms with Crippen molar-refractivity contribution in [2.75, 3.05) is 33.0 Å². The van der Waals surface area contributed by atoms with Gasteiger partial charge >= 0.3 is 0 Å². The monoisotopic (exact) mass is 670 g/mol. The Labute approximate surface area is 281 Å². The first-order chi connectivity index (χ1) is 23.3. The summed E-state index contributed by atoms with van der Waals surface area (Å²) >= 11 is 1.35. The van der Waals surface area contributed by atoms with Crippen LogP contribution in [-0.4, -0.2) is 59.8 Å². The molecular weight excluding hydrogens is 632 g/mol. The number of fused-ring (bicyclic) bond motifs is 3. The van der Waals surface area contributed by atoms with Gasteiger partial charge in [0.1, 0.15) is 6.04 Å². The number of benzene rings is 2. The van der Waals surface area contributed by atoms with Crippen LogP contribution in [0.5, 0.6) is 11.5 Å². The lowest BCUT2D eigenvalue weighted by atomic mass is 9.99. The molecule has 1 atom stereocenters. The van der Waals surface area contributed by atoms with Crippen molar-refractivity contribution in [2.45, 2.75) is 52.6 Å². The van der Waals surface area contributed by atoms with Gasteiger partial charge in [0.25, 0.3) is 11.6 Å². The van der Waals surface area contributed by atoms with Crippen LogP contribution in [0, 0.1) is 6.92 Å². The predicted molar refractivity (Wildman–Crippen MR) is 183 cm³/mol. The van der Waals surface area contributed by atoms with Crippen LogP contribution in [-0.2, 0) is 16.1 Å². The molecule has 12 heteroatoms. The highest BCUT2D eigenvalue weighted by Crippen LogP contribution is 2.34. The van der Waals surface area contributed by atoms with Gasteiger partial charge < -0.3 is 29.0 Å². The second-order valence-corrected chi connectivity index (χ2v) is 12.8. The molecular formula is C36H38N4O7S. The summed E-state index contributed by atoms with van der Waals surface area (Å²) < 4.78 is 23.6. The number of hydrogen-bond donors (Lipinski definition) is 1. The third-order valence-electron chi connectivity index (χ3n) is 8.20. The minimum Gasteiger partial charge on any atom is -0.490 e. The molecule has 0 aliphatic carbocycles. The first-order valence-corrected chi connectivity index (χ1v) is 17.0. The van der Waals surface area contributed by atoms with Crippen LogP contribution in [0.4, 0.5) is 0 Å². The second-order valence-electron chi connectivity index (χ2n) is 11.9. The number of amides is 2. The summed E-state index contributed by atoms with van der Waals surface area (Å²) in [7, 11) is 0. The molecule has 6 rings (SSSR count). The lowest BCUT2D eigenvalue weighted by molar-refractivity contribution is -0.126. The molecule has 4 heterocycles. The maximum absolute atomic E-state index is 15.1. The summed E-state index contributed by atoms with van der Waals surface area (Å²) in [5.41, 5.74) is 2.18. The average Bonchev–Trinajstić information content (AvgIpc) is 3.31. The van der Waals surface area contributed by atoms with Crippen molar-refractivity contribution in [2.24, 2.45) is 0 Å². The highest BCUT2D eigenvalue weighted by molar-refractivity contribution is 7.16. The largest absolute Gasteiger partial charge is 0.490 e. The number of aromatic nitrogens is 2. The number of nitrogens with one attached hydrogen (secondary N) is 1. The Morgan fingerprint density at radius 2 is 1.88 bits per heavy atom. The maximum Gasteiger partial charge on any atom is 0.259 e. The Kier molecular flexibility index (Phi) is 10.0. The molecule has 1 aliphatic heterocycles. The van der Waals surface area contributed by atoms with Crippen molar-refractivity contribution in [1.29, 1.82) is 0 Å². The van der Waals surface area contributed by atoms with Gasteiger partial charge in [-0.25, -0.2) is 4.98 Å². The lowest BCUT2D eigenvalue weighted by Crippen LogP contribution is -2.45. The molecule has 11 nitrogen and oxygen atoms in total. The third-order valence-corrected chi connectivity index (χ3v) is 9.18. The molecule has 250 valence electrons. The molecule has 2 aromatic carbocycles. The fourth-order valence-electron chi connectivity index (χ4n) is 5.74. The summed E-state index contributed by atoms with van der Waals surface area (Å²) in [6, 6.07) is 13.1. The van der Waals surface area contributed by atoms with Crippen LogP contribution in [0.2, 0.25) is 0 Å². The number of aryl methyl sites for hydroxylation is 1. The molecule has 3 aromatic heterocycles. The van der Waals surface area contributed by atoms with E-state index < -0.39 is 17.9 Å². The summed E-state index contributed by atoms with van der Waals surface area (Å²) in [5.74, 6) is 0.138. The molecule has 0 bridgehead atoms. The normalized spacial score (nSPS) is 13.4. The molecule has 2 amide bonds. The Morgan fingerprint density at radius 1 is 1.08 bits per heavy atom. The van der Waals surface area contributed by atoms with E-state index in [1.165, 1.54) is 16.2 Å². The van der Waals surface area contributed by atoms with Crippen LogP contribution in [0.25, 0.3) is 21.2 Å². The van der Waals surface area contributed by atoms with Crippen LogP contribution >= 0.6 is 11.3 Å². The average molecular weight is 671 g/mol. The van der Waals surface area contributed by atoms with E-state index in [0.29, 0.717) is 59.0 Å². The van der Waals surface area contributed by atoms with Crippen molar-refractivity contribution >= 4 is 44.3 Å². The molecule has 0 spiro atoms. The smallest absolute Gasteiger partial charge is 0.259 e. The van der Waals surface area contributed by atoms with Gasteiger partial charge in [0.2, 0.25) is 5.91 Å². The summed E-state index contributed by atoms with van der Waals surface area (Å²) in [6.07, 6.45) is 0.738. The van der Waals surface area contributed by atoms with Gasteiger partial charge in [-0.2, -0.15) is 0 Å². The van der Waals surface area contributed by atoms with E-state index in [0.717, 1.165) is 11.1 Å². The minimum absolute atomic E-state index is 0.0267. The van der Waals surface area contributed by atoms with E-state index in [-0.39, 0.29) is 47.9 Å². The summed E-state index contributed by atoms with van der Waals surface area (Å²) in [6.45, 7) is 9.50. The van der Waals surface area contributed by atoms with Gasteiger partial charge in [-0.3, -0.25) is 14.4 Å². The predicted octanol–water partition coefficient (Wildman–Crippen LogP) is 5.93. The summed E-state index contributed by atoms with van der Waals surface area (Å²) in [4.78, 5) is 49.6. The van der Waals surface area contributed by atoms with Crippen molar-refractivity contribution in [1.82, 2.24) is 20.4 Å². The van der Waals surface area contributed by atoms with Gasteiger partial charge in [0, 0.05) is 52.8 Å². The Hall–Kier alpha value is -4.81. The Bertz CT molecular complexity index is 2020. The highest BCUT2D eigenvalue weighted by Gasteiger charge is 2.36. The van der Waals surface area contributed by atoms with Crippen LogP contribution < -0.4 is 20.2 Å². The van der Waals surface area contributed by atoms with Crippen LogP contribution in [0.3, 0.4) is 0 Å². The van der Waals surface area contributed by atoms with Gasteiger partial charge in [-0.1, -0.05) is 37.2 Å². The molecule has 1 aliphatic rings. The van der Waals surface area contributed by atoms with Crippen molar-refractivity contribution < 1.29 is 28.3 Å². The zero-order valence-electron chi connectivity index (χ0n) is 27.4. The zero-order chi connectivity index (χ0) is 33.8. The standard InChI is InChI=1S/C36H38N4O7S/c1-5-44-16-13-37-34(42)32(26-20-48-30-10-7-6-9-24(30)33(26)41)40(19-23-11-12-28-29(17-23)46-15-8-14-45-28)36(43)25-18-27(21(2)3)38-35-31(25)22(4)39-47-35/h6-7,9-12,17-18,20-21,32H,5,8,13-16,19H2,1-4H3,(H,37,42). The number of carbonyl (C=O) groups excluding carboxylic acids is 2. The highest BCUT2D eigenvalue weighted by atomic mass is 32.1. The maximum atomic E-state index is 15.1. The number of hydrogen-bond acceptors (Lipinski definition) is 10. The molecule has 48 heavy (non-hydrogen) atoms. The quantitative estimate of drug-likeness (QED) is 0.170. The molecule has 0 radical (unpaired) electrons. The fraction of sp³-hybridized carbons (Fsp3) is 0.361. The number of rotatable bonds is 11. The number of pyridine rings is 1. The topological polar surface area (TPSA) is 133 Å². The molecule has 1 unspecified atom stereocenters. The van der Waals surface area contributed by atoms with E-state index >= 15 is 4.79 Å². The number of ether oxygens (including phenoxy) is 3. The van der Waals surface area contributed by atoms with Gasteiger partial charge in [0.15, 0.2) is 16.9 Å². The lowest BCUT2D eigenvalue weighted by Gasteiger charge is -2.32. The Morgan fingerprint density at radius 3 is 2.67 bits per heavy atom. The van der Waals surface area contributed by atoms with E-state index in [2.05, 4.69) is 15.5 Å². The number of carbonyl (C=O) groups is 2. The summed E-state index contributed by atoms with van der Waals surface area (Å²) in [5, 5.41) is 9.62. The molecule has 5 aromatic rings. The number of nitrogens with zero attached hydrogens (tertiary/aromatic N) is 3. The van der Waals surface area contributed by atoms with Gasteiger partial charge in [-0.05, 0) is 55.7 Å². The van der Waals surface area contributed by atoms with Crippen molar-refractivity contribution in [3.8, 4) is 11.5 Å². The molecule has 0 fully saturated rings. The first kappa shape index (κ1) is 33.1. The fourth-order valence-corrected chi connectivity index (χ4v) is 6.67. The van der Waals surface area contributed by atoms with E-state index in [9.17, 15) is 9.59 Å². The van der Waals surface area contributed by atoms with E-state index in [1.54, 1.807) is 36.6 Å². The zero-order valence-corrected chi connectivity index (χ0v) is 28.2. The van der Waals surface area contributed by atoms with E-state index in [1.807, 2.05) is 45.0 Å². The molecule has 0 saturated heterocycles. The Balaban J connectivity index is 1.54. The third kappa shape index (κ3) is 6.76. The van der Waals surface area contributed by atoms with Gasteiger partial charge in [-0.15, -0.1) is 11.3 Å². The van der Waals surface area contributed by atoms with E-state index in [4.69, 9.17) is 18.7 Å². The van der Waals surface area contributed by atoms with Crippen LogP contribution in [0.1, 0.15) is 72.0 Å². The van der Waals surface area contributed by atoms with Gasteiger partial charge in [0.05, 0.1) is 36.5 Å². The van der Waals surface area contributed by atoms with Crippen molar-refractivity contribution in [3.05, 3.63) is 92.2 Å². The van der Waals surface area contributed by atoms with Crippen molar-refractivity contribution in [3.63, 3.8) is 0 Å². The molecule has 1 N–H and O–H groups in total. The second kappa shape index (κ2) is 14.5. The SMILES string of the molecule is CCOCCNC(=O)C(c1csc2ccccc2c1=O)N(Cc1ccc2c(c1)OCCCO2)C(=O)c1cc(C(C)C)nc2onc(C)c12.